The first-order valence-electron chi connectivity index (χ1n) is 5.10. The first-order valence-corrected chi connectivity index (χ1v) is 5.10. The van der Waals surface area contributed by atoms with Gasteiger partial charge in [-0.1, -0.05) is 30.3 Å². The van der Waals surface area contributed by atoms with Crippen molar-refractivity contribution in [3.63, 3.8) is 0 Å². The van der Waals surface area contributed by atoms with Crippen molar-refractivity contribution >= 4 is 5.78 Å². The average Bonchev–Trinajstić information content (AvgIpc) is 2.29. The van der Waals surface area contributed by atoms with Crippen LogP contribution in [0.1, 0.15) is 17.9 Å². The average molecular weight is 213 g/mol. The molecular weight excluding hydrogens is 202 g/mol. The van der Waals surface area contributed by atoms with Crippen LogP contribution in [-0.2, 0) is 4.79 Å². The molecule has 3 nitrogen and oxygen atoms in total. The third kappa shape index (κ3) is 1.82. The molecule has 1 N–H and O–H groups in total. The maximum Gasteiger partial charge on any atom is 0.159 e. The molecule has 1 aromatic rings. The number of aliphatic hydroxyl groups is 1. The van der Waals surface area contributed by atoms with Crippen LogP contribution < -0.4 is 0 Å². The Bertz CT molecular complexity index is 470. The van der Waals surface area contributed by atoms with Crippen LogP contribution in [0, 0.1) is 17.2 Å². The van der Waals surface area contributed by atoms with Crippen molar-refractivity contribution < 1.29 is 9.90 Å². The van der Waals surface area contributed by atoms with Crippen molar-refractivity contribution in [3.8, 4) is 6.07 Å². The molecule has 1 aliphatic carbocycles. The van der Waals surface area contributed by atoms with Gasteiger partial charge >= 0.3 is 0 Å². The van der Waals surface area contributed by atoms with E-state index in [1.165, 1.54) is 0 Å². The minimum absolute atomic E-state index is 0.118. The molecule has 80 valence electrons. The number of rotatable bonds is 1. The molecule has 0 bridgehead atoms. The molecule has 1 aliphatic rings. The zero-order valence-corrected chi connectivity index (χ0v) is 8.63. The number of hydrogen-bond donors (Lipinski definition) is 1. The first kappa shape index (κ1) is 10.4. The number of ketones is 1. The Balaban J connectivity index is 2.39. The lowest BCUT2D eigenvalue weighted by atomic mass is 9.78. The summed E-state index contributed by atoms with van der Waals surface area (Å²) in [6.45, 7) is 0. The molecule has 0 heterocycles. The van der Waals surface area contributed by atoms with Gasteiger partial charge in [0.05, 0.1) is 6.07 Å². The monoisotopic (exact) mass is 213 g/mol. The molecule has 0 spiro atoms. The van der Waals surface area contributed by atoms with E-state index in [4.69, 9.17) is 5.26 Å². The van der Waals surface area contributed by atoms with Crippen LogP contribution in [0.15, 0.2) is 42.2 Å². The molecule has 2 atom stereocenters. The van der Waals surface area contributed by atoms with Gasteiger partial charge in [0.2, 0.25) is 0 Å². The van der Waals surface area contributed by atoms with E-state index >= 15 is 0 Å². The van der Waals surface area contributed by atoms with Gasteiger partial charge in [0.1, 0.15) is 11.7 Å². The summed E-state index contributed by atoms with van der Waals surface area (Å²) < 4.78 is 0. The second-order valence-electron chi connectivity index (χ2n) is 3.86. The Labute approximate surface area is 93.6 Å². The molecule has 0 unspecified atom stereocenters. The van der Waals surface area contributed by atoms with Gasteiger partial charge in [-0.05, 0) is 5.56 Å². The molecule has 16 heavy (non-hydrogen) atoms. The summed E-state index contributed by atoms with van der Waals surface area (Å²) >= 11 is 0. The van der Waals surface area contributed by atoms with Gasteiger partial charge in [-0.25, -0.2) is 0 Å². The van der Waals surface area contributed by atoms with Crippen molar-refractivity contribution in [2.24, 2.45) is 5.92 Å². The number of benzene rings is 1. The molecular formula is C13H11NO2. The molecule has 1 aromatic carbocycles. The quantitative estimate of drug-likeness (QED) is 0.778. The van der Waals surface area contributed by atoms with Crippen molar-refractivity contribution in [2.45, 2.75) is 12.3 Å². The van der Waals surface area contributed by atoms with Crippen LogP contribution in [0.2, 0.25) is 0 Å². The molecule has 3 heteroatoms. The van der Waals surface area contributed by atoms with Gasteiger partial charge in [0.25, 0.3) is 0 Å². The number of hydrogen-bond acceptors (Lipinski definition) is 3. The van der Waals surface area contributed by atoms with Crippen LogP contribution in [0.5, 0.6) is 0 Å². The predicted octanol–water partition coefficient (Wildman–Crippen LogP) is 2.32. The Morgan fingerprint density at radius 1 is 1.31 bits per heavy atom. The molecule has 0 saturated carbocycles. The molecule has 0 amide bonds. The van der Waals surface area contributed by atoms with Crippen LogP contribution >= 0.6 is 0 Å². The van der Waals surface area contributed by atoms with E-state index in [-0.39, 0.29) is 23.9 Å². The summed E-state index contributed by atoms with van der Waals surface area (Å²) in [4.78, 5) is 11.4. The lowest BCUT2D eigenvalue weighted by molar-refractivity contribution is -0.115. The molecule has 0 aromatic heterocycles. The lowest BCUT2D eigenvalue weighted by Crippen LogP contribution is -2.22. The number of aliphatic hydroxyl groups excluding tert-OH is 1. The van der Waals surface area contributed by atoms with Gasteiger partial charge in [-0.15, -0.1) is 0 Å². The van der Waals surface area contributed by atoms with Crippen molar-refractivity contribution in [2.75, 3.05) is 0 Å². The normalized spacial score (nSPS) is 24.7. The van der Waals surface area contributed by atoms with E-state index in [9.17, 15) is 9.90 Å². The largest absolute Gasteiger partial charge is 0.511 e. The van der Waals surface area contributed by atoms with Crippen molar-refractivity contribution in [3.05, 3.63) is 47.7 Å². The van der Waals surface area contributed by atoms with E-state index in [1.54, 1.807) is 0 Å². The molecule has 0 radical (unpaired) electrons. The third-order valence-corrected chi connectivity index (χ3v) is 2.82. The lowest BCUT2D eigenvalue weighted by Gasteiger charge is -2.24. The maximum atomic E-state index is 11.4. The fraction of sp³-hybridized carbons (Fsp3) is 0.231. The van der Waals surface area contributed by atoms with Gasteiger partial charge in [0.15, 0.2) is 5.78 Å². The summed E-state index contributed by atoms with van der Waals surface area (Å²) in [5.41, 5.74) is 0.919. The van der Waals surface area contributed by atoms with E-state index in [0.717, 1.165) is 11.6 Å². The van der Waals surface area contributed by atoms with Crippen molar-refractivity contribution in [1.82, 2.24) is 0 Å². The Morgan fingerprint density at radius 3 is 2.62 bits per heavy atom. The highest BCUT2D eigenvalue weighted by molar-refractivity contribution is 5.92. The molecule has 0 aliphatic heterocycles. The zero-order chi connectivity index (χ0) is 11.5. The Hall–Kier alpha value is -2.08. The van der Waals surface area contributed by atoms with Crippen LogP contribution in [0.25, 0.3) is 0 Å². The van der Waals surface area contributed by atoms with Crippen LogP contribution in [-0.4, -0.2) is 10.9 Å². The predicted molar refractivity (Wildman–Crippen MR) is 58.6 cm³/mol. The van der Waals surface area contributed by atoms with Crippen LogP contribution in [0.3, 0.4) is 0 Å². The smallest absolute Gasteiger partial charge is 0.159 e. The topological polar surface area (TPSA) is 61.1 Å². The summed E-state index contributed by atoms with van der Waals surface area (Å²) in [7, 11) is 0. The van der Waals surface area contributed by atoms with Gasteiger partial charge in [-0.3, -0.25) is 4.79 Å². The number of nitrogens with zero attached hydrogens (tertiary/aromatic N) is 1. The maximum absolute atomic E-state index is 11.4. The Kier molecular flexibility index (Phi) is 2.74. The van der Waals surface area contributed by atoms with Crippen molar-refractivity contribution in [1.29, 1.82) is 5.26 Å². The minimum Gasteiger partial charge on any atom is -0.511 e. The number of nitriles is 1. The summed E-state index contributed by atoms with van der Waals surface area (Å²) in [5.74, 6) is -1.09. The fourth-order valence-electron chi connectivity index (χ4n) is 2.02. The SMILES string of the molecule is N#C[C@H]1C(O)=CC(=O)C[C@@H]1c1ccccc1. The highest BCUT2D eigenvalue weighted by atomic mass is 16.3. The Morgan fingerprint density at radius 2 is 2.00 bits per heavy atom. The van der Waals surface area contributed by atoms with E-state index in [2.05, 4.69) is 6.07 Å². The highest BCUT2D eigenvalue weighted by Crippen LogP contribution is 2.35. The number of allylic oxidation sites excluding steroid dienone is 2. The van der Waals surface area contributed by atoms with E-state index in [0.29, 0.717) is 0 Å². The standard InChI is InChI=1S/C13H11NO2/c14-8-12-11(6-10(15)7-13(12)16)9-4-2-1-3-5-9/h1-5,7,11-12,16H,6H2/t11-,12-/m1/s1. The summed E-state index contributed by atoms with van der Waals surface area (Å²) in [5, 5.41) is 18.6. The van der Waals surface area contributed by atoms with Crippen LogP contribution in [0.4, 0.5) is 0 Å². The molecule has 2 rings (SSSR count). The van der Waals surface area contributed by atoms with E-state index < -0.39 is 5.92 Å². The molecule has 0 fully saturated rings. The summed E-state index contributed by atoms with van der Waals surface area (Å²) in [6, 6.07) is 11.4. The van der Waals surface area contributed by atoms with Gasteiger partial charge in [0, 0.05) is 18.4 Å². The summed E-state index contributed by atoms with van der Waals surface area (Å²) in [6.07, 6.45) is 1.44. The van der Waals surface area contributed by atoms with E-state index in [1.807, 2.05) is 30.3 Å². The molecule has 0 saturated heterocycles. The van der Waals surface area contributed by atoms with Gasteiger partial charge < -0.3 is 5.11 Å². The fourth-order valence-corrected chi connectivity index (χ4v) is 2.02. The first-order chi connectivity index (χ1) is 7.72. The number of carbonyl (C=O) groups excluding carboxylic acids is 1. The minimum atomic E-state index is -0.611. The number of carbonyl (C=O) groups is 1. The third-order valence-electron chi connectivity index (χ3n) is 2.82. The second-order valence-corrected chi connectivity index (χ2v) is 3.86. The van der Waals surface area contributed by atoms with Gasteiger partial charge in [-0.2, -0.15) is 5.26 Å². The highest BCUT2D eigenvalue weighted by Gasteiger charge is 2.32. The second kappa shape index (κ2) is 4.19. The zero-order valence-electron chi connectivity index (χ0n) is 8.63.